The molecule has 3 aliphatic rings. The number of H-pyrrole nitrogens is 1. The van der Waals surface area contributed by atoms with Crippen molar-refractivity contribution < 1.29 is 4.39 Å². The lowest BCUT2D eigenvalue weighted by Crippen LogP contribution is -2.44. The largest absolute Gasteiger partial charge is 0.367 e. The molecule has 3 aliphatic heterocycles. The van der Waals surface area contributed by atoms with Gasteiger partial charge in [-0.1, -0.05) is 12.1 Å². The molecule has 8 nitrogen and oxygen atoms in total. The molecular weight excluding hydrogens is 463 g/mol. The van der Waals surface area contributed by atoms with Gasteiger partial charge in [0.05, 0.1) is 34.6 Å². The Labute approximate surface area is 207 Å². The van der Waals surface area contributed by atoms with Crippen molar-refractivity contribution in [1.82, 2.24) is 19.9 Å². The van der Waals surface area contributed by atoms with E-state index in [0.717, 1.165) is 61.7 Å². The Hall–Kier alpha value is -3.50. The van der Waals surface area contributed by atoms with Gasteiger partial charge in [-0.3, -0.25) is 4.31 Å². The fourth-order valence-corrected chi connectivity index (χ4v) is 6.21. The monoisotopic (exact) mass is 488 g/mol. The highest BCUT2D eigenvalue weighted by Crippen LogP contribution is 2.53. The van der Waals surface area contributed by atoms with Gasteiger partial charge < -0.3 is 20.1 Å². The van der Waals surface area contributed by atoms with E-state index in [0.29, 0.717) is 17.3 Å². The quantitative estimate of drug-likeness (QED) is 0.402. The topological polar surface area (TPSA) is 66.6 Å². The van der Waals surface area contributed by atoms with E-state index in [1.54, 1.807) is 12.1 Å². The number of piperazine rings is 1. The first-order valence-electron chi connectivity index (χ1n) is 11.9. The number of para-hydroxylation sites is 1. The number of hydrogen-bond donors (Lipinski definition) is 2. The van der Waals surface area contributed by atoms with Crippen LogP contribution < -0.4 is 18.8 Å². The summed E-state index contributed by atoms with van der Waals surface area (Å²) >= 11 is 1.66. The van der Waals surface area contributed by atoms with Crippen LogP contribution in [0.1, 0.15) is 5.56 Å². The van der Waals surface area contributed by atoms with Gasteiger partial charge in [-0.25, -0.2) is 8.70 Å². The Balaban J connectivity index is 1.21. The second-order valence-electron chi connectivity index (χ2n) is 9.21. The smallest absolute Gasteiger partial charge is 0.231 e. The number of halogens is 1. The number of likely N-dealkylation sites (N-methyl/N-ethyl adjacent to an activating group) is 1. The molecule has 2 aromatic carbocycles. The molecule has 0 aliphatic carbocycles. The van der Waals surface area contributed by atoms with Crippen LogP contribution in [0.15, 0.2) is 48.7 Å². The van der Waals surface area contributed by atoms with E-state index >= 15 is 4.39 Å². The summed E-state index contributed by atoms with van der Waals surface area (Å²) < 4.78 is 19.5. The molecule has 0 unspecified atom stereocenters. The Bertz CT molecular complexity index is 1430. The Morgan fingerprint density at radius 3 is 2.74 bits per heavy atom. The van der Waals surface area contributed by atoms with Crippen LogP contribution in [0.3, 0.4) is 0 Å². The van der Waals surface area contributed by atoms with E-state index in [1.807, 2.05) is 24.4 Å². The van der Waals surface area contributed by atoms with Crippen molar-refractivity contribution in [3.8, 4) is 0 Å². The number of rotatable bonds is 4. The lowest BCUT2D eigenvalue weighted by atomic mass is 10.1. The highest BCUT2D eigenvalue weighted by molar-refractivity contribution is 8.02. The molecule has 2 aromatic heterocycles. The van der Waals surface area contributed by atoms with E-state index in [-0.39, 0.29) is 5.82 Å². The van der Waals surface area contributed by atoms with Gasteiger partial charge in [0.25, 0.3) is 0 Å². The number of fused-ring (bicyclic) bond motifs is 1. The summed E-state index contributed by atoms with van der Waals surface area (Å²) in [6, 6.07) is 13.7. The van der Waals surface area contributed by atoms with Gasteiger partial charge >= 0.3 is 0 Å². The fourth-order valence-electron chi connectivity index (χ4n) is 5.10. The van der Waals surface area contributed by atoms with Crippen LogP contribution in [0.4, 0.5) is 38.9 Å². The number of hydrogen-bond acceptors (Lipinski definition) is 8. The van der Waals surface area contributed by atoms with Crippen LogP contribution in [0, 0.1) is 5.82 Å². The normalized spacial score (nSPS) is 17.5. The molecule has 178 valence electrons. The maximum absolute atomic E-state index is 15.1. The van der Waals surface area contributed by atoms with E-state index in [1.165, 1.54) is 17.3 Å². The van der Waals surface area contributed by atoms with Gasteiger partial charge in [0.15, 0.2) is 5.82 Å². The second-order valence-corrected chi connectivity index (χ2v) is 10.2. The first kappa shape index (κ1) is 20.8. The first-order valence-corrected chi connectivity index (χ1v) is 12.6. The van der Waals surface area contributed by atoms with Crippen molar-refractivity contribution in [3.63, 3.8) is 0 Å². The van der Waals surface area contributed by atoms with E-state index in [9.17, 15) is 0 Å². The predicted octanol–water partition coefficient (Wildman–Crippen LogP) is 4.67. The number of aromatic amines is 1. The number of anilines is 6. The molecule has 0 spiro atoms. The molecule has 2 N–H and O–H groups in total. The first-order chi connectivity index (χ1) is 17.1. The molecule has 1 fully saturated rings. The number of nitrogens with zero attached hydrogens (tertiary/aromatic N) is 6. The average molecular weight is 489 g/mol. The van der Waals surface area contributed by atoms with Crippen LogP contribution in [0.25, 0.3) is 11.0 Å². The van der Waals surface area contributed by atoms with Crippen LogP contribution >= 0.6 is 12.1 Å². The molecule has 1 saturated heterocycles. The maximum Gasteiger partial charge on any atom is 0.231 e. The summed E-state index contributed by atoms with van der Waals surface area (Å²) in [5.41, 5.74) is 5.78. The van der Waals surface area contributed by atoms with E-state index < -0.39 is 0 Å². The summed E-state index contributed by atoms with van der Waals surface area (Å²) in [5.74, 6) is 0.992. The van der Waals surface area contributed by atoms with Crippen LogP contribution in [-0.4, -0.2) is 59.6 Å². The van der Waals surface area contributed by atoms with Crippen molar-refractivity contribution in [3.05, 3.63) is 60.0 Å². The predicted molar refractivity (Wildman–Crippen MR) is 141 cm³/mol. The molecule has 10 heteroatoms. The third-order valence-electron chi connectivity index (χ3n) is 6.97. The average Bonchev–Trinajstić information content (AvgIpc) is 3.59. The summed E-state index contributed by atoms with van der Waals surface area (Å²) in [4.78, 5) is 17.1. The third kappa shape index (κ3) is 3.47. The second kappa shape index (κ2) is 8.03. The molecule has 4 aromatic rings. The lowest BCUT2D eigenvalue weighted by molar-refractivity contribution is 0.311. The van der Waals surface area contributed by atoms with Crippen molar-refractivity contribution in [1.29, 1.82) is 0 Å². The zero-order valence-corrected chi connectivity index (χ0v) is 20.1. The Kier molecular flexibility index (Phi) is 4.78. The molecule has 0 saturated carbocycles. The molecule has 35 heavy (non-hydrogen) atoms. The maximum atomic E-state index is 15.1. The van der Waals surface area contributed by atoms with Crippen molar-refractivity contribution >= 4 is 57.7 Å². The summed E-state index contributed by atoms with van der Waals surface area (Å²) in [6.07, 6.45) is 2.94. The summed E-state index contributed by atoms with van der Waals surface area (Å²) in [7, 11) is 2.09. The standard InChI is InChI=1S/C25H25FN8S/c1-31-11-13-32(14-12-31)20-6-5-17(15-19(20)26)28-25-29-23-18(7-9-27-23)24(30-25)34-21-4-2-3-16-8-10-33(35-34)22(16)21/h2-7,9,15H,8,10-14H2,1H3,(H2,27,28,29,30). The van der Waals surface area contributed by atoms with Gasteiger partial charge in [-0.15, -0.1) is 0 Å². The van der Waals surface area contributed by atoms with Gasteiger partial charge in [0.1, 0.15) is 11.5 Å². The highest BCUT2D eigenvalue weighted by atomic mass is 32.2. The van der Waals surface area contributed by atoms with Gasteiger partial charge in [-0.05, 0) is 49.4 Å². The van der Waals surface area contributed by atoms with Crippen LogP contribution in [0.5, 0.6) is 0 Å². The van der Waals surface area contributed by atoms with Crippen molar-refractivity contribution in [2.24, 2.45) is 0 Å². The minimum atomic E-state index is -0.241. The van der Waals surface area contributed by atoms with E-state index in [4.69, 9.17) is 4.98 Å². The van der Waals surface area contributed by atoms with Crippen LogP contribution in [-0.2, 0) is 6.42 Å². The van der Waals surface area contributed by atoms with Gasteiger partial charge in [0, 0.05) is 44.6 Å². The molecule has 5 heterocycles. The molecular formula is C25H25FN8S. The highest BCUT2D eigenvalue weighted by Gasteiger charge is 2.36. The zero-order valence-electron chi connectivity index (χ0n) is 19.3. The van der Waals surface area contributed by atoms with Crippen molar-refractivity contribution in [2.75, 3.05) is 58.6 Å². The van der Waals surface area contributed by atoms with E-state index in [2.05, 4.69) is 58.9 Å². The molecule has 0 atom stereocenters. The van der Waals surface area contributed by atoms with Crippen molar-refractivity contribution in [2.45, 2.75) is 6.42 Å². The minimum Gasteiger partial charge on any atom is -0.367 e. The summed E-state index contributed by atoms with van der Waals surface area (Å²) in [5, 5.41) is 4.17. The Morgan fingerprint density at radius 1 is 1.00 bits per heavy atom. The lowest BCUT2D eigenvalue weighted by Gasteiger charge is -2.34. The zero-order chi connectivity index (χ0) is 23.5. The molecule has 7 rings (SSSR count). The number of benzene rings is 2. The van der Waals surface area contributed by atoms with Gasteiger partial charge in [0.2, 0.25) is 5.95 Å². The third-order valence-corrected chi connectivity index (χ3v) is 8.06. The van der Waals surface area contributed by atoms with Gasteiger partial charge in [-0.2, -0.15) is 9.97 Å². The van der Waals surface area contributed by atoms with Crippen LogP contribution in [0.2, 0.25) is 0 Å². The number of nitrogens with one attached hydrogen (secondary N) is 2. The number of aromatic nitrogens is 3. The fraction of sp³-hybridized carbons (Fsp3) is 0.280. The molecule has 0 amide bonds. The molecule has 0 bridgehead atoms. The SMILES string of the molecule is CN1CCN(c2ccc(Nc3nc(N4SN5CCc6cccc4c65)c4cc[nH]c4n3)cc2F)CC1. The summed E-state index contributed by atoms with van der Waals surface area (Å²) in [6.45, 7) is 4.50. The minimum absolute atomic E-state index is 0.241. The Morgan fingerprint density at radius 2 is 1.89 bits per heavy atom. The molecule has 0 radical (unpaired) electrons.